The average Bonchev–Trinajstić information content (AvgIpc) is 2.19. The van der Waals surface area contributed by atoms with Gasteiger partial charge in [0.15, 0.2) is 0 Å². The van der Waals surface area contributed by atoms with E-state index in [0.29, 0.717) is 5.41 Å². The third-order valence-electron chi connectivity index (χ3n) is 3.70. The zero-order valence-electron chi connectivity index (χ0n) is 8.59. The van der Waals surface area contributed by atoms with Gasteiger partial charge in [-0.25, -0.2) is 4.79 Å². The van der Waals surface area contributed by atoms with Crippen LogP contribution in [0.5, 0.6) is 0 Å². The van der Waals surface area contributed by atoms with Gasteiger partial charge in [-0.05, 0) is 37.6 Å². The van der Waals surface area contributed by atoms with Crippen molar-refractivity contribution in [3.8, 4) is 0 Å². The number of piperidine rings is 2. The third kappa shape index (κ3) is 1.85. The van der Waals surface area contributed by atoms with Gasteiger partial charge < -0.3 is 16.0 Å². The van der Waals surface area contributed by atoms with Crippen molar-refractivity contribution in [2.24, 2.45) is 11.1 Å². The molecule has 0 unspecified atom stereocenters. The highest BCUT2D eigenvalue weighted by Crippen LogP contribution is 2.36. The van der Waals surface area contributed by atoms with E-state index in [4.69, 9.17) is 5.73 Å². The third-order valence-corrected chi connectivity index (χ3v) is 3.70. The highest BCUT2D eigenvalue weighted by Gasteiger charge is 2.36. The number of nitrogens with one attached hydrogen (secondary N) is 1. The second-order valence-corrected chi connectivity index (χ2v) is 4.61. The molecule has 2 saturated heterocycles. The molecular weight excluding hydrogens is 178 g/mol. The molecule has 0 radical (unpaired) electrons. The first-order valence-electron chi connectivity index (χ1n) is 5.47. The number of carbonyl (C=O) groups excluding carboxylic acids is 1. The van der Waals surface area contributed by atoms with Gasteiger partial charge in [0.1, 0.15) is 0 Å². The fourth-order valence-electron chi connectivity index (χ4n) is 2.66. The molecule has 2 fully saturated rings. The van der Waals surface area contributed by atoms with Crippen molar-refractivity contribution >= 4 is 6.03 Å². The van der Waals surface area contributed by atoms with Gasteiger partial charge in [0.2, 0.25) is 0 Å². The Bertz CT molecular complexity index is 213. The van der Waals surface area contributed by atoms with Gasteiger partial charge in [-0.2, -0.15) is 0 Å². The number of primary amides is 1. The number of nitrogens with two attached hydrogens (primary N) is 1. The number of carbonyl (C=O) groups is 1. The summed E-state index contributed by atoms with van der Waals surface area (Å²) < 4.78 is 0. The number of rotatable bonds is 0. The predicted molar refractivity (Wildman–Crippen MR) is 54.9 cm³/mol. The molecule has 80 valence electrons. The van der Waals surface area contributed by atoms with Gasteiger partial charge >= 0.3 is 6.03 Å². The minimum atomic E-state index is -0.261. The van der Waals surface area contributed by atoms with Crippen LogP contribution in [0, 0.1) is 5.41 Å². The van der Waals surface area contributed by atoms with Crippen LogP contribution in [0.1, 0.15) is 25.7 Å². The topological polar surface area (TPSA) is 58.4 Å². The molecule has 0 bridgehead atoms. The molecule has 0 aromatic carbocycles. The Morgan fingerprint density at radius 3 is 2.50 bits per heavy atom. The molecule has 2 heterocycles. The molecule has 2 amide bonds. The first-order valence-corrected chi connectivity index (χ1v) is 5.47. The lowest BCUT2D eigenvalue weighted by molar-refractivity contribution is 0.0951. The van der Waals surface area contributed by atoms with Gasteiger partial charge in [-0.15, -0.1) is 0 Å². The summed E-state index contributed by atoms with van der Waals surface area (Å²) >= 11 is 0. The molecule has 2 aliphatic heterocycles. The van der Waals surface area contributed by atoms with Crippen LogP contribution in [-0.2, 0) is 0 Å². The Morgan fingerprint density at radius 1 is 1.29 bits per heavy atom. The van der Waals surface area contributed by atoms with Crippen molar-refractivity contribution in [1.82, 2.24) is 10.2 Å². The van der Waals surface area contributed by atoms with Crippen molar-refractivity contribution in [2.75, 3.05) is 26.2 Å². The molecule has 3 N–H and O–H groups in total. The molecule has 0 aliphatic carbocycles. The van der Waals surface area contributed by atoms with Gasteiger partial charge in [0.05, 0.1) is 0 Å². The van der Waals surface area contributed by atoms with Crippen LogP contribution in [0.2, 0.25) is 0 Å². The lowest BCUT2D eigenvalue weighted by atomic mass is 9.73. The summed E-state index contributed by atoms with van der Waals surface area (Å²) in [7, 11) is 0. The maximum Gasteiger partial charge on any atom is 0.314 e. The normalized spacial score (nSPS) is 26.4. The summed E-state index contributed by atoms with van der Waals surface area (Å²) in [4.78, 5) is 12.7. The molecule has 0 atom stereocenters. The Labute approximate surface area is 84.8 Å². The Hall–Kier alpha value is -0.770. The van der Waals surface area contributed by atoms with Gasteiger partial charge in [0.25, 0.3) is 0 Å². The van der Waals surface area contributed by atoms with Crippen molar-refractivity contribution in [1.29, 1.82) is 0 Å². The van der Waals surface area contributed by atoms with Crippen LogP contribution in [0.3, 0.4) is 0 Å². The summed E-state index contributed by atoms with van der Waals surface area (Å²) in [6.45, 7) is 3.97. The fourth-order valence-corrected chi connectivity index (χ4v) is 2.66. The van der Waals surface area contributed by atoms with Crippen molar-refractivity contribution < 1.29 is 4.79 Å². The molecule has 0 saturated carbocycles. The van der Waals surface area contributed by atoms with E-state index in [-0.39, 0.29) is 6.03 Å². The van der Waals surface area contributed by atoms with E-state index in [0.717, 1.165) is 39.0 Å². The van der Waals surface area contributed by atoms with Crippen LogP contribution < -0.4 is 11.1 Å². The second kappa shape index (κ2) is 3.77. The molecule has 2 aliphatic rings. The highest BCUT2D eigenvalue weighted by atomic mass is 16.2. The SMILES string of the molecule is NC(=O)N1CCC2(CCCNC2)CC1. The minimum Gasteiger partial charge on any atom is -0.351 e. The maximum atomic E-state index is 11.0. The lowest BCUT2D eigenvalue weighted by Gasteiger charge is -2.44. The number of urea groups is 1. The van der Waals surface area contributed by atoms with Gasteiger partial charge in [0, 0.05) is 19.6 Å². The van der Waals surface area contributed by atoms with E-state index < -0.39 is 0 Å². The van der Waals surface area contributed by atoms with E-state index >= 15 is 0 Å². The fraction of sp³-hybridized carbons (Fsp3) is 0.900. The Morgan fingerprint density at radius 2 is 2.00 bits per heavy atom. The molecular formula is C10H19N3O. The zero-order chi connectivity index (χ0) is 10.0. The van der Waals surface area contributed by atoms with Crippen LogP contribution in [0.15, 0.2) is 0 Å². The first-order chi connectivity index (χ1) is 6.72. The number of hydrogen-bond acceptors (Lipinski definition) is 2. The van der Waals surface area contributed by atoms with E-state index in [1.54, 1.807) is 4.90 Å². The van der Waals surface area contributed by atoms with Crippen LogP contribution in [0.4, 0.5) is 4.79 Å². The molecule has 1 spiro atoms. The van der Waals surface area contributed by atoms with E-state index in [1.165, 1.54) is 12.8 Å². The van der Waals surface area contributed by atoms with E-state index in [1.807, 2.05) is 0 Å². The molecule has 4 heteroatoms. The minimum absolute atomic E-state index is 0.261. The average molecular weight is 197 g/mol. The molecule has 14 heavy (non-hydrogen) atoms. The lowest BCUT2D eigenvalue weighted by Crippen LogP contribution is -2.50. The molecule has 0 aromatic heterocycles. The summed E-state index contributed by atoms with van der Waals surface area (Å²) in [5.41, 5.74) is 5.72. The standard InChI is InChI=1S/C10H19N3O/c11-9(14)13-6-3-10(4-7-13)2-1-5-12-8-10/h12H,1-8H2,(H2,11,14). The second-order valence-electron chi connectivity index (χ2n) is 4.61. The summed E-state index contributed by atoms with van der Waals surface area (Å²) in [5.74, 6) is 0. The molecule has 2 rings (SSSR count). The quantitative estimate of drug-likeness (QED) is 0.595. The first kappa shape index (κ1) is 9.77. The van der Waals surface area contributed by atoms with Crippen molar-refractivity contribution in [3.05, 3.63) is 0 Å². The smallest absolute Gasteiger partial charge is 0.314 e. The molecule has 0 aromatic rings. The molecule has 4 nitrogen and oxygen atoms in total. The van der Waals surface area contributed by atoms with E-state index in [2.05, 4.69) is 5.32 Å². The maximum absolute atomic E-state index is 11.0. The summed E-state index contributed by atoms with van der Waals surface area (Å²) in [5, 5.41) is 3.45. The predicted octanol–water partition coefficient (Wildman–Crippen LogP) is 0.531. The number of amides is 2. The van der Waals surface area contributed by atoms with Crippen molar-refractivity contribution in [3.63, 3.8) is 0 Å². The number of hydrogen-bond donors (Lipinski definition) is 2. The van der Waals surface area contributed by atoms with Crippen LogP contribution in [0.25, 0.3) is 0 Å². The van der Waals surface area contributed by atoms with E-state index in [9.17, 15) is 4.79 Å². The highest BCUT2D eigenvalue weighted by molar-refractivity contribution is 5.72. The van der Waals surface area contributed by atoms with Gasteiger partial charge in [-0.1, -0.05) is 0 Å². The Balaban J connectivity index is 1.90. The monoisotopic (exact) mass is 197 g/mol. The van der Waals surface area contributed by atoms with Crippen molar-refractivity contribution in [2.45, 2.75) is 25.7 Å². The zero-order valence-corrected chi connectivity index (χ0v) is 8.59. The number of likely N-dealkylation sites (tertiary alicyclic amines) is 1. The Kier molecular flexibility index (Phi) is 2.63. The number of nitrogens with zero attached hydrogens (tertiary/aromatic N) is 1. The van der Waals surface area contributed by atoms with Crippen LogP contribution in [-0.4, -0.2) is 37.1 Å². The summed E-state index contributed by atoms with van der Waals surface area (Å²) in [6, 6.07) is -0.261. The summed E-state index contributed by atoms with van der Waals surface area (Å²) in [6.07, 6.45) is 4.81. The van der Waals surface area contributed by atoms with Gasteiger partial charge in [-0.3, -0.25) is 0 Å². The van der Waals surface area contributed by atoms with Crippen LogP contribution >= 0.6 is 0 Å². The largest absolute Gasteiger partial charge is 0.351 e.